The molecule has 1 aromatic heterocycles. The molecule has 3 heterocycles. The van der Waals surface area contributed by atoms with Crippen LogP contribution in [0.1, 0.15) is 36.9 Å². The van der Waals surface area contributed by atoms with Gasteiger partial charge in [-0.1, -0.05) is 29.3 Å². The fraction of sp³-hybridized carbons (Fsp3) is 0.375. The van der Waals surface area contributed by atoms with E-state index in [-0.39, 0.29) is 33.3 Å². The molecule has 5 rings (SSSR count). The van der Waals surface area contributed by atoms with Gasteiger partial charge in [0.15, 0.2) is 0 Å². The van der Waals surface area contributed by atoms with Crippen LogP contribution >= 0.6 is 23.2 Å². The summed E-state index contributed by atoms with van der Waals surface area (Å²) in [5, 5.41) is 6.49. The molecule has 35 heavy (non-hydrogen) atoms. The quantitative estimate of drug-likeness (QED) is 0.462. The summed E-state index contributed by atoms with van der Waals surface area (Å²) in [6, 6.07) is 5.99. The second kappa shape index (κ2) is 9.81. The number of carbonyl (C=O) groups excluding carboxylic acids is 1. The summed E-state index contributed by atoms with van der Waals surface area (Å²) < 4.78 is 30.0. The summed E-state index contributed by atoms with van der Waals surface area (Å²) in [7, 11) is 0. The summed E-state index contributed by atoms with van der Waals surface area (Å²) in [5.74, 6) is -0.452. The van der Waals surface area contributed by atoms with Crippen LogP contribution < -0.4 is 21.5 Å². The van der Waals surface area contributed by atoms with Crippen LogP contribution in [0.15, 0.2) is 52.8 Å². The van der Waals surface area contributed by atoms with Gasteiger partial charge in [0.05, 0.1) is 11.6 Å². The summed E-state index contributed by atoms with van der Waals surface area (Å²) in [5.41, 5.74) is 7.66. The van der Waals surface area contributed by atoms with Gasteiger partial charge >= 0.3 is 0 Å². The van der Waals surface area contributed by atoms with Gasteiger partial charge in [-0.2, -0.15) is 0 Å². The zero-order valence-electron chi connectivity index (χ0n) is 18.8. The van der Waals surface area contributed by atoms with E-state index in [1.165, 1.54) is 18.3 Å². The number of amidine groups is 1. The van der Waals surface area contributed by atoms with Crippen LogP contribution in [0.3, 0.4) is 0 Å². The van der Waals surface area contributed by atoms with E-state index in [0.717, 1.165) is 0 Å². The lowest BCUT2D eigenvalue weighted by Crippen LogP contribution is -2.51. The number of fused-ring (bicyclic) bond motifs is 1. The second-order valence-corrected chi connectivity index (χ2v) is 9.86. The number of rotatable bonds is 4. The van der Waals surface area contributed by atoms with Crippen molar-refractivity contribution in [3.05, 3.63) is 74.9 Å². The maximum Gasteiger partial charge on any atom is 0.251 e. The molecule has 3 aliphatic rings. The average Bonchev–Trinajstić information content (AvgIpc) is 3.25. The van der Waals surface area contributed by atoms with E-state index in [0.29, 0.717) is 36.5 Å². The van der Waals surface area contributed by atoms with Gasteiger partial charge in [0.2, 0.25) is 0 Å². The Morgan fingerprint density at radius 3 is 2.80 bits per heavy atom. The normalized spacial score (nSPS) is 28.3. The molecule has 0 spiro atoms. The van der Waals surface area contributed by atoms with Crippen molar-refractivity contribution in [2.45, 2.75) is 44.1 Å². The minimum Gasteiger partial charge on any atom is -0.347 e. The fourth-order valence-corrected chi connectivity index (χ4v) is 5.30. The number of nitrogens with one attached hydrogen (secondary N) is 4. The zero-order valence-corrected chi connectivity index (χ0v) is 20.3. The van der Waals surface area contributed by atoms with Gasteiger partial charge in [0.25, 0.3) is 5.91 Å². The topological polar surface area (TPSA) is 90.4 Å². The molecule has 2 fully saturated rings. The lowest BCUT2D eigenvalue weighted by atomic mass is 9.81. The van der Waals surface area contributed by atoms with Gasteiger partial charge in [0.1, 0.15) is 29.0 Å². The fourth-order valence-electron chi connectivity index (χ4n) is 4.97. The van der Waals surface area contributed by atoms with Crippen LogP contribution in [0.4, 0.5) is 8.78 Å². The highest BCUT2D eigenvalue weighted by atomic mass is 35.5. The van der Waals surface area contributed by atoms with Crippen molar-refractivity contribution in [2.24, 2.45) is 10.9 Å². The van der Waals surface area contributed by atoms with E-state index in [1.807, 2.05) is 0 Å². The number of benzene rings is 1. The number of aromatic nitrogens is 1. The first-order chi connectivity index (χ1) is 16.8. The molecule has 184 valence electrons. The third kappa shape index (κ3) is 4.91. The minimum absolute atomic E-state index is 0.0470. The molecule has 2 aliphatic heterocycles. The van der Waals surface area contributed by atoms with E-state index < -0.39 is 30.0 Å². The Hall–Kier alpha value is -2.59. The first-order valence-corrected chi connectivity index (χ1v) is 12.1. The van der Waals surface area contributed by atoms with E-state index in [1.54, 1.807) is 25.1 Å². The van der Waals surface area contributed by atoms with Gasteiger partial charge in [0, 0.05) is 40.6 Å². The molecule has 1 aliphatic carbocycles. The molecule has 1 saturated carbocycles. The molecule has 7 nitrogen and oxygen atoms in total. The van der Waals surface area contributed by atoms with Crippen LogP contribution in [0.25, 0.3) is 0 Å². The highest BCUT2D eigenvalue weighted by Gasteiger charge is 2.41. The van der Waals surface area contributed by atoms with Crippen molar-refractivity contribution in [3.8, 4) is 0 Å². The lowest BCUT2D eigenvalue weighted by Gasteiger charge is -2.35. The highest BCUT2D eigenvalue weighted by molar-refractivity contribution is 6.30. The Bertz CT molecular complexity index is 1220. The summed E-state index contributed by atoms with van der Waals surface area (Å²) in [6.07, 6.45) is 1.14. The lowest BCUT2D eigenvalue weighted by molar-refractivity contribution is -0.119. The smallest absolute Gasteiger partial charge is 0.251 e. The van der Waals surface area contributed by atoms with Crippen LogP contribution in [0.5, 0.6) is 0 Å². The molecular weight excluding hydrogens is 497 g/mol. The summed E-state index contributed by atoms with van der Waals surface area (Å²) in [4.78, 5) is 22.2. The van der Waals surface area contributed by atoms with E-state index >= 15 is 4.39 Å². The van der Waals surface area contributed by atoms with E-state index in [9.17, 15) is 9.18 Å². The largest absolute Gasteiger partial charge is 0.347 e. The molecule has 11 heteroatoms. The number of hydrazine groups is 1. The minimum atomic E-state index is -1.20. The molecule has 2 aromatic rings. The Balaban J connectivity index is 1.48. The molecular formula is C24H24Cl2F2N6O. The number of pyridine rings is 1. The average molecular weight is 521 g/mol. The third-order valence-electron chi connectivity index (χ3n) is 6.75. The highest BCUT2D eigenvalue weighted by Crippen LogP contribution is 2.35. The first-order valence-electron chi connectivity index (χ1n) is 11.4. The number of alkyl halides is 1. The van der Waals surface area contributed by atoms with Crippen molar-refractivity contribution < 1.29 is 13.6 Å². The van der Waals surface area contributed by atoms with Crippen LogP contribution in [0, 0.1) is 11.7 Å². The van der Waals surface area contributed by atoms with Gasteiger partial charge < -0.3 is 10.6 Å². The number of halogens is 4. The van der Waals surface area contributed by atoms with Crippen LogP contribution in [0.2, 0.25) is 10.2 Å². The number of carbonyl (C=O) groups is 1. The van der Waals surface area contributed by atoms with Gasteiger partial charge in [-0.15, -0.1) is 0 Å². The third-order valence-corrected chi connectivity index (χ3v) is 7.19. The number of nitrogens with zero attached hydrogens (tertiary/aromatic N) is 2. The first kappa shape index (κ1) is 24.1. The van der Waals surface area contributed by atoms with E-state index in [2.05, 4.69) is 31.5 Å². The predicted molar refractivity (Wildman–Crippen MR) is 130 cm³/mol. The molecule has 0 bridgehead atoms. The zero-order chi connectivity index (χ0) is 24.7. The Morgan fingerprint density at radius 2 is 2.03 bits per heavy atom. The maximum atomic E-state index is 15.0. The van der Waals surface area contributed by atoms with Crippen molar-refractivity contribution >= 4 is 34.9 Å². The number of aliphatic imine (C=N–C) groups is 1. The number of allylic oxidation sites excluding steroid dienone is 1. The van der Waals surface area contributed by atoms with Gasteiger partial charge in [-0.3, -0.25) is 20.6 Å². The number of amides is 1. The summed E-state index contributed by atoms with van der Waals surface area (Å²) >= 11 is 12.0. The Kier molecular flexibility index (Phi) is 6.76. The molecule has 5 unspecified atom stereocenters. The van der Waals surface area contributed by atoms with Crippen molar-refractivity contribution in [3.63, 3.8) is 0 Å². The Labute approximate surface area is 211 Å². The number of hydrogen-bond acceptors (Lipinski definition) is 6. The van der Waals surface area contributed by atoms with Crippen LogP contribution in [-0.4, -0.2) is 41.5 Å². The second-order valence-electron chi connectivity index (χ2n) is 9.04. The van der Waals surface area contributed by atoms with Crippen molar-refractivity contribution in [1.29, 1.82) is 0 Å². The van der Waals surface area contributed by atoms with Gasteiger partial charge in [-0.25, -0.2) is 13.8 Å². The van der Waals surface area contributed by atoms with Crippen molar-refractivity contribution in [2.75, 3.05) is 6.54 Å². The molecule has 4 N–H and O–H groups in total. The monoisotopic (exact) mass is 520 g/mol. The Morgan fingerprint density at radius 1 is 1.20 bits per heavy atom. The molecule has 1 amide bonds. The molecule has 5 atom stereocenters. The standard InChI is InChI=1S/C24H24Cl2F2N6O/c1-11-21(24(35)32-19-6-13-10-30-34-18(13)9-17(19)28)22(15-3-2-14(25)8-16(15)27)33-23(31-11)12-4-5-29-20(26)7-12/h2-5,7-8,13,17-19,22,30,34H,6,9-10H2,1H3,(H,31,33)(H,32,35). The SMILES string of the molecule is CC1=C(C(=O)NC2CC3CNNC3CC2F)C(c2ccc(Cl)cc2F)N=C(c2ccnc(Cl)c2)N1. The van der Waals surface area contributed by atoms with E-state index in [4.69, 9.17) is 23.2 Å². The van der Waals surface area contributed by atoms with Gasteiger partial charge in [-0.05, 0) is 49.9 Å². The van der Waals surface area contributed by atoms with Crippen molar-refractivity contribution in [1.82, 2.24) is 26.5 Å². The molecule has 0 radical (unpaired) electrons. The molecule has 1 aromatic carbocycles. The maximum absolute atomic E-state index is 15.0. The van der Waals surface area contributed by atoms with Crippen LogP contribution in [-0.2, 0) is 4.79 Å². The predicted octanol–water partition coefficient (Wildman–Crippen LogP) is 3.60. The number of hydrogen-bond donors (Lipinski definition) is 4. The molecule has 1 saturated heterocycles. The summed E-state index contributed by atoms with van der Waals surface area (Å²) in [6.45, 7) is 2.43.